The van der Waals surface area contributed by atoms with E-state index in [0.29, 0.717) is 5.82 Å². The molecule has 0 unspecified atom stereocenters. The highest BCUT2D eigenvalue weighted by atomic mass is 16.4. The van der Waals surface area contributed by atoms with Gasteiger partial charge in [-0.05, 0) is 17.4 Å². The zero-order valence-corrected chi connectivity index (χ0v) is 5.80. The average molecular weight is 154 g/mol. The monoisotopic (exact) mass is 154 g/mol. The highest BCUT2D eigenvalue weighted by Gasteiger charge is 1.94. The summed E-state index contributed by atoms with van der Waals surface area (Å²) >= 11 is 0. The molecule has 1 heterocycles. The topological polar surface area (TPSA) is 80.9 Å². The third kappa shape index (κ3) is 1.85. The largest absolute Gasteiger partial charge is 0.478 e. The Morgan fingerprint density at radius 1 is 1.73 bits per heavy atom. The van der Waals surface area contributed by atoms with E-state index in [1.165, 1.54) is 10.9 Å². The zero-order valence-electron chi connectivity index (χ0n) is 5.80. The first kappa shape index (κ1) is 7.39. The van der Waals surface area contributed by atoms with Gasteiger partial charge in [0.1, 0.15) is 0 Å². The molecule has 0 atom stereocenters. The number of aryl methyl sites for hydroxylation is 1. The third-order valence-electron chi connectivity index (χ3n) is 1.02. The Morgan fingerprint density at radius 3 is 2.91 bits per heavy atom. The van der Waals surface area contributed by atoms with Crippen LogP contribution in [0.15, 0.2) is 6.08 Å². The minimum absolute atomic E-state index is 0.544. The van der Waals surface area contributed by atoms with Gasteiger partial charge in [-0.3, -0.25) is 0 Å². The predicted octanol–water partition coefficient (Wildman–Crippen LogP) is -0.463. The Labute approximate surface area is 62.1 Å². The van der Waals surface area contributed by atoms with E-state index in [4.69, 9.17) is 5.11 Å². The molecule has 0 saturated carbocycles. The molecule has 0 bridgehead atoms. The van der Waals surface area contributed by atoms with Crippen molar-refractivity contribution in [3.8, 4) is 0 Å². The molecule has 0 amide bonds. The molecule has 58 valence electrons. The van der Waals surface area contributed by atoms with E-state index in [0.717, 1.165) is 6.08 Å². The van der Waals surface area contributed by atoms with Crippen molar-refractivity contribution in [2.75, 3.05) is 0 Å². The maximum absolute atomic E-state index is 10.0. The number of hydrogen-bond acceptors (Lipinski definition) is 4. The van der Waals surface area contributed by atoms with Crippen LogP contribution >= 0.6 is 0 Å². The van der Waals surface area contributed by atoms with Gasteiger partial charge in [-0.1, -0.05) is 0 Å². The standard InChI is InChI=1S/C5H6N4O2/c1-4-6-7-8-9(4)3-2-5(10)11/h2-3H,1H3,(H,10,11)/b3-2-. The van der Waals surface area contributed by atoms with Gasteiger partial charge in [0.05, 0.1) is 0 Å². The highest BCUT2D eigenvalue weighted by molar-refractivity contribution is 5.82. The Kier molecular flexibility index (Phi) is 1.95. The second-order valence-corrected chi connectivity index (χ2v) is 1.82. The molecule has 0 aromatic carbocycles. The van der Waals surface area contributed by atoms with E-state index >= 15 is 0 Å². The Hall–Kier alpha value is -1.72. The molecule has 1 rings (SSSR count). The number of tetrazole rings is 1. The lowest BCUT2D eigenvalue weighted by Gasteiger charge is -1.87. The Morgan fingerprint density at radius 2 is 2.45 bits per heavy atom. The number of rotatable bonds is 2. The lowest BCUT2D eigenvalue weighted by Crippen LogP contribution is -1.95. The molecule has 0 radical (unpaired) electrons. The van der Waals surface area contributed by atoms with Crippen LogP contribution in [-0.4, -0.2) is 31.3 Å². The maximum Gasteiger partial charge on any atom is 0.329 e. The van der Waals surface area contributed by atoms with Crippen LogP contribution in [0, 0.1) is 6.92 Å². The van der Waals surface area contributed by atoms with Gasteiger partial charge in [0, 0.05) is 12.3 Å². The van der Waals surface area contributed by atoms with Crippen molar-refractivity contribution in [2.24, 2.45) is 0 Å². The molecule has 6 heteroatoms. The van der Waals surface area contributed by atoms with Crippen LogP contribution in [0.2, 0.25) is 0 Å². The molecular formula is C5H6N4O2. The fourth-order valence-corrected chi connectivity index (χ4v) is 0.510. The molecule has 0 spiro atoms. The molecule has 6 nitrogen and oxygen atoms in total. The van der Waals surface area contributed by atoms with Gasteiger partial charge in [-0.15, -0.1) is 5.10 Å². The second-order valence-electron chi connectivity index (χ2n) is 1.82. The van der Waals surface area contributed by atoms with Crippen molar-refractivity contribution in [3.63, 3.8) is 0 Å². The highest BCUT2D eigenvalue weighted by Crippen LogP contribution is 1.88. The van der Waals surface area contributed by atoms with E-state index in [2.05, 4.69) is 15.5 Å². The zero-order chi connectivity index (χ0) is 8.27. The van der Waals surface area contributed by atoms with Crippen LogP contribution in [0.25, 0.3) is 6.20 Å². The van der Waals surface area contributed by atoms with Gasteiger partial charge in [-0.25, -0.2) is 9.48 Å². The van der Waals surface area contributed by atoms with Gasteiger partial charge >= 0.3 is 5.97 Å². The van der Waals surface area contributed by atoms with Crippen LogP contribution in [0.3, 0.4) is 0 Å². The molecular weight excluding hydrogens is 148 g/mol. The fourth-order valence-electron chi connectivity index (χ4n) is 0.510. The third-order valence-corrected chi connectivity index (χ3v) is 1.02. The van der Waals surface area contributed by atoms with Gasteiger partial charge < -0.3 is 5.11 Å². The normalized spacial score (nSPS) is 10.6. The molecule has 0 fully saturated rings. The first-order valence-electron chi connectivity index (χ1n) is 2.86. The summed E-state index contributed by atoms with van der Waals surface area (Å²) in [5.74, 6) is -0.484. The van der Waals surface area contributed by atoms with Gasteiger partial charge in [0.25, 0.3) is 0 Å². The van der Waals surface area contributed by atoms with Crippen molar-refractivity contribution in [1.29, 1.82) is 0 Å². The van der Waals surface area contributed by atoms with Gasteiger partial charge in [0.15, 0.2) is 5.82 Å². The summed E-state index contributed by atoms with van der Waals surface area (Å²) in [6.45, 7) is 1.67. The Bertz CT molecular complexity index is 290. The summed E-state index contributed by atoms with van der Waals surface area (Å²) in [5.41, 5.74) is 0. The predicted molar refractivity (Wildman–Crippen MR) is 35.5 cm³/mol. The molecule has 0 aliphatic carbocycles. The maximum atomic E-state index is 10.0. The van der Waals surface area contributed by atoms with Crippen molar-refractivity contribution in [2.45, 2.75) is 6.92 Å². The summed E-state index contributed by atoms with van der Waals surface area (Å²) in [6, 6.07) is 0. The van der Waals surface area contributed by atoms with E-state index in [1.54, 1.807) is 6.92 Å². The summed E-state index contributed by atoms with van der Waals surface area (Å²) < 4.78 is 1.27. The summed E-state index contributed by atoms with van der Waals surface area (Å²) in [4.78, 5) is 10.0. The van der Waals surface area contributed by atoms with Crippen LogP contribution < -0.4 is 0 Å². The number of hydrogen-bond donors (Lipinski definition) is 1. The molecule has 1 aromatic rings. The summed E-state index contributed by atoms with van der Waals surface area (Å²) in [6.07, 6.45) is 2.24. The smallest absolute Gasteiger partial charge is 0.329 e. The first-order valence-corrected chi connectivity index (χ1v) is 2.86. The van der Waals surface area contributed by atoms with Crippen molar-refractivity contribution >= 4 is 12.2 Å². The van der Waals surface area contributed by atoms with Crippen LogP contribution in [0.4, 0.5) is 0 Å². The summed E-state index contributed by atoms with van der Waals surface area (Å²) in [7, 11) is 0. The number of carbonyl (C=O) groups is 1. The quantitative estimate of drug-likeness (QED) is 0.583. The van der Waals surface area contributed by atoms with Crippen LogP contribution in [0.1, 0.15) is 5.82 Å². The molecule has 0 aliphatic rings. The fraction of sp³-hybridized carbons (Fsp3) is 0.200. The first-order chi connectivity index (χ1) is 5.20. The molecule has 11 heavy (non-hydrogen) atoms. The minimum atomic E-state index is -1.03. The van der Waals surface area contributed by atoms with E-state index < -0.39 is 5.97 Å². The molecule has 0 saturated heterocycles. The number of aromatic nitrogens is 4. The summed E-state index contributed by atoms with van der Waals surface area (Å²) in [5, 5.41) is 18.6. The van der Waals surface area contributed by atoms with Crippen molar-refractivity contribution in [1.82, 2.24) is 20.2 Å². The van der Waals surface area contributed by atoms with E-state index in [-0.39, 0.29) is 0 Å². The molecule has 0 aliphatic heterocycles. The number of nitrogens with zero attached hydrogens (tertiary/aromatic N) is 4. The van der Waals surface area contributed by atoms with E-state index in [9.17, 15) is 4.79 Å². The van der Waals surface area contributed by atoms with E-state index in [1.807, 2.05) is 0 Å². The Balaban J connectivity index is 2.79. The van der Waals surface area contributed by atoms with Crippen LogP contribution in [0.5, 0.6) is 0 Å². The molecule has 1 N–H and O–H groups in total. The molecule has 1 aromatic heterocycles. The van der Waals surface area contributed by atoms with Crippen molar-refractivity contribution in [3.05, 3.63) is 11.9 Å². The lowest BCUT2D eigenvalue weighted by atomic mass is 10.6. The lowest BCUT2D eigenvalue weighted by molar-refractivity contribution is -0.131. The minimum Gasteiger partial charge on any atom is -0.478 e. The number of carboxylic acid groups (broad SMARTS) is 1. The van der Waals surface area contributed by atoms with Gasteiger partial charge in [0.2, 0.25) is 0 Å². The number of aliphatic carboxylic acids is 1. The number of carboxylic acids is 1. The SMILES string of the molecule is Cc1nnnn1/C=C\C(=O)O. The second kappa shape index (κ2) is 2.91. The van der Waals surface area contributed by atoms with Crippen LogP contribution in [-0.2, 0) is 4.79 Å². The average Bonchev–Trinajstić information content (AvgIpc) is 2.31. The van der Waals surface area contributed by atoms with Gasteiger partial charge in [-0.2, -0.15) is 0 Å². The van der Waals surface area contributed by atoms with Crippen molar-refractivity contribution < 1.29 is 9.90 Å².